The Morgan fingerprint density at radius 2 is 1.88 bits per heavy atom. The minimum atomic E-state index is -0.304. The molecule has 1 N–H and O–H groups in total. The second-order valence-corrected chi connectivity index (χ2v) is 8.52. The van der Waals surface area contributed by atoms with Crippen LogP contribution in [0, 0.1) is 0 Å². The minimum absolute atomic E-state index is 0.304. The van der Waals surface area contributed by atoms with Crippen molar-refractivity contribution in [2.45, 2.75) is 45.1 Å². The van der Waals surface area contributed by atoms with E-state index in [9.17, 15) is 4.79 Å². The van der Waals surface area contributed by atoms with Crippen molar-refractivity contribution in [2.75, 3.05) is 32.0 Å². The molecule has 2 aromatic carbocycles. The maximum atomic E-state index is 11.9. The van der Waals surface area contributed by atoms with E-state index >= 15 is 0 Å². The van der Waals surface area contributed by atoms with E-state index in [2.05, 4.69) is 46.4 Å². The number of likely N-dealkylation sites (tertiary alicyclic amines) is 1. The number of piperidine rings is 1. The summed E-state index contributed by atoms with van der Waals surface area (Å²) >= 11 is 0. The maximum Gasteiger partial charge on any atom is 0.338 e. The van der Waals surface area contributed by atoms with Gasteiger partial charge in [0.25, 0.3) is 0 Å². The quantitative estimate of drug-likeness (QED) is 0.397. The summed E-state index contributed by atoms with van der Waals surface area (Å²) in [5.41, 5.74) is 5.12. The van der Waals surface area contributed by atoms with Crippen molar-refractivity contribution in [3.8, 4) is 0 Å². The van der Waals surface area contributed by atoms with Gasteiger partial charge in [-0.15, -0.1) is 0 Å². The van der Waals surface area contributed by atoms with Crippen LogP contribution in [0.5, 0.6) is 0 Å². The lowest BCUT2D eigenvalue weighted by Gasteiger charge is -2.33. The highest BCUT2D eigenvalue weighted by molar-refractivity contribution is 6.01. The van der Waals surface area contributed by atoms with Crippen molar-refractivity contribution in [1.82, 2.24) is 4.90 Å². The van der Waals surface area contributed by atoms with Crippen LogP contribution in [0.2, 0.25) is 0 Å². The molecule has 0 aliphatic carbocycles. The number of nitrogens with one attached hydrogen (secondary N) is 1. The first kappa shape index (κ1) is 22.3. The molecular weight excluding hydrogens is 398 g/mol. The van der Waals surface area contributed by atoms with Gasteiger partial charge in [0.2, 0.25) is 0 Å². The van der Waals surface area contributed by atoms with Crippen LogP contribution in [0.15, 0.2) is 68.8 Å². The Morgan fingerprint density at radius 1 is 1.12 bits per heavy atom. The molecule has 2 heterocycles. The van der Waals surface area contributed by atoms with E-state index in [1.54, 1.807) is 6.07 Å². The molecule has 0 bridgehead atoms. The van der Waals surface area contributed by atoms with E-state index in [0.29, 0.717) is 11.6 Å². The zero-order valence-corrected chi connectivity index (χ0v) is 19.1. The van der Waals surface area contributed by atoms with Gasteiger partial charge in [0, 0.05) is 43.3 Å². The Morgan fingerprint density at radius 3 is 2.66 bits per heavy atom. The van der Waals surface area contributed by atoms with Crippen molar-refractivity contribution in [1.29, 1.82) is 0 Å². The Kier molecular flexibility index (Phi) is 7.38. The summed E-state index contributed by atoms with van der Waals surface area (Å²) in [6.45, 7) is 5.44. The molecule has 0 radical (unpaired) electrons. The van der Waals surface area contributed by atoms with Gasteiger partial charge in [0.05, 0.1) is 5.69 Å². The Bertz CT molecular complexity index is 1130. The van der Waals surface area contributed by atoms with Crippen LogP contribution < -0.4 is 10.9 Å². The summed E-state index contributed by atoms with van der Waals surface area (Å²) in [6, 6.07) is 18.3. The Hall–Kier alpha value is -2.92. The fourth-order valence-electron chi connectivity index (χ4n) is 4.70. The molecule has 4 rings (SSSR count). The smallest absolute Gasteiger partial charge is 0.338 e. The number of aliphatic imine (C=N–C) groups is 1. The van der Waals surface area contributed by atoms with Gasteiger partial charge in [-0.25, -0.2) is 4.79 Å². The number of fused-ring (bicyclic) bond motifs is 1. The fourth-order valence-corrected chi connectivity index (χ4v) is 4.70. The average molecular weight is 432 g/mol. The maximum absolute atomic E-state index is 11.9. The lowest BCUT2D eigenvalue weighted by Crippen LogP contribution is -2.39. The second-order valence-electron chi connectivity index (χ2n) is 8.52. The van der Waals surface area contributed by atoms with Crippen LogP contribution in [0.1, 0.15) is 43.7 Å². The number of benzene rings is 2. The summed E-state index contributed by atoms with van der Waals surface area (Å²) in [5, 5.41) is 4.56. The summed E-state index contributed by atoms with van der Waals surface area (Å²) in [5.74, 6) is 0. The number of rotatable bonds is 8. The number of nitrogens with zero attached hydrogens (tertiary/aromatic N) is 2. The molecule has 1 aliphatic rings. The van der Waals surface area contributed by atoms with Crippen LogP contribution in [0.3, 0.4) is 0 Å². The largest absolute Gasteiger partial charge is 0.423 e. The molecule has 0 saturated carbocycles. The third-order valence-corrected chi connectivity index (χ3v) is 6.46. The molecule has 0 atom stereocenters. The standard InChI is InChI=1S/C27H33N3O2/c1-3-20-9-4-5-10-22(20)24(28-2)12-8-16-30-17-14-21(15-18-30)29-25-19-27(31)32-26-13-7-6-11-23(25)26/h4-7,9-11,13,19,21,29H,3,8,12,14-18H2,1-2H3. The van der Waals surface area contributed by atoms with Crippen LogP contribution >= 0.6 is 0 Å². The molecule has 0 unspecified atom stereocenters. The summed E-state index contributed by atoms with van der Waals surface area (Å²) < 4.78 is 5.31. The average Bonchev–Trinajstić information content (AvgIpc) is 2.83. The topological polar surface area (TPSA) is 57.8 Å². The first-order valence-corrected chi connectivity index (χ1v) is 11.7. The molecule has 1 saturated heterocycles. The number of anilines is 1. The Balaban J connectivity index is 1.28. The molecule has 5 heteroatoms. The van der Waals surface area contributed by atoms with E-state index in [4.69, 9.17) is 4.42 Å². The van der Waals surface area contributed by atoms with E-state index in [-0.39, 0.29) is 5.63 Å². The van der Waals surface area contributed by atoms with Crippen LogP contribution in [-0.2, 0) is 6.42 Å². The Labute approximate surface area is 190 Å². The summed E-state index contributed by atoms with van der Waals surface area (Å²) in [4.78, 5) is 19.1. The lowest BCUT2D eigenvalue weighted by molar-refractivity contribution is 0.218. The van der Waals surface area contributed by atoms with E-state index in [1.165, 1.54) is 16.8 Å². The molecule has 1 aliphatic heterocycles. The minimum Gasteiger partial charge on any atom is -0.423 e. The highest BCUT2D eigenvalue weighted by Gasteiger charge is 2.20. The zero-order valence-electron chi connectivity index (χ0n) is 19.1. The van der Waals surface area contributed by atoms with Crippen LogP contribution in [0.4, 0.5) is 5.69 Å². The van der Waals surface area contributed by atoms with Crippen LogP contribution in [0.25, 0.3) is 11.0 Å². The van der Waals surface area contributed by atoms with Gasteiger partial charge in [0.1, 0.15) is 5.58 Å². The van der Waals surface area contributed by atoms with Gasteiger partial charge in [-0.2, -0.15) is 0 Å². The van der Waals surface area contributed by atoms with E-state index in [0.717, 1.165) is 62.8 Å². The SMILES string of the molecule is CCc1ccccc1C(CCCN1CCC(Nc2cc(=O)oc3ccccc23)CC1)=NC. The normalized spacial score (nSPS) is 15.9. The highest BCUT2D eigenvalue weighted by atomic mass is 16.4. The molecule has 0 spiro atoms. The molecule has 168 valence electrons. The van der Waals surface area contributed by atoms with E-state index in [1.807, 2.05) is 31.3 Å². The van der Waals surface area contributed by atoms with Crippen molar-refractivity contribution >= 4 is 22.4 Å². The first-order chi connectivity index (χ1) is 15.7. The zero-order chi connectivity index (χ0) is 22.3. The first-order valence-electron chi connectivity index (χ1n) is 11.7. The van der Waals surface area contributed by atoms with Crippen LogP contribution in [-0.4, -0.2) is 43.3 Å². The summed E-state index contributed by atoms with van der Waals surface area (Å²) in [6.07, 6.45) is 5.31. The monoisotopic (exact) mass is 431 g/mol. The van der Waals surface area contributed by atoms with Gasteiger partial charge in [-0.05, 0) is 61.9 Å². The molecule has 32 heavy (non-hydrogen) atoms. The predicted octanol–water partition coefficient (Wildman–Crippen LogP) is 5.13. The van der Waals surface area contributed by atoms with Gasteiger partial charge >= 0.3 is 5.63 Å². The second kappa shape index (κ2) is 10.6. The van der Waals surface area contributed by atoms with Crippen molar-refractivity contribution in [3.63, 3.8) is 0 Å². The predicted molar refractivity (Wildman–Crippen MR) is 133 cm³/mol. The fraction of sp³-hybridized carbons (Fsp3) is 0.407. The molecule has 1 aromatic heterocycles. The van der Waals surface area contributed by atoms with Gasteiger partial charge in [-0.3, -0.25) is 4.99 Å². The van der Waals surface area contributed by atoms with Crippen molar-refractivity contribution in [2.24, 2.45) is 4.99 Å². The van der Waals surface area contributed by atoms with Gasteiger partial charge < -0.3 is 14.6 Å². The molecule has 5 nitrogen and oxygen atoms in total. The lowest BCUT2D eigenvalue weighted by atomic mass is 9.97. The number of hydrogen-bond donors (Lipinski definition) is 1. The third kappa shape index (κ3) is 5.28. The molecule has 1 fully saturated rings. The highest BCUT2D eigenvalue weighted by Crippen LogP contribution is 2.24. The summed E-state index contributed by atoms with van der Waals surface area (Å²) in [7, 11) is 1.91. The number of aryl methyl sites for hydroxylation is 1. The third-order valence-electron chi connectivity index (χ3n) is 6.46. The molecule has 3 aromatic rings. The number of hydrogen-bond acceptors (Lipinski definition) is 5. The molecular formula is C27H33N3O2. The van der Waals surface area contributed by atoms with Gasteiger partial charge in [-0.1, -0.05) is 43.3 Å². The van der Waals surface area contributed by atoms with E-state index < -0.39 is 0 Å². The molecule has 0 amide bonds. The van der Waals surface area contributed by atoms with Gasteiger partial charge in [0.15, 0.2) is 0 Å². The van der Waals surface area contributed by atoms with Crippen molar-refractivity contribution < 1.29 is 4.42 Å². The number of para-hydroxylation sites is 1. The van der Waals surface area contributed by atoms with Crippen molar-refractivity contribution in [3.05, 3.63) is 76.1 Å².